The van der Waals surface area contributed by atoms with E-state index in [1.807, 2.05) is 26.8 Å². The highest BCUT2D eigenvalue weighted by Gasteiger charge is 2.34. The molecule has 1 aromatic carbocycles. The maximum absolute atomic E-state index is 10.8. The van der Waals surface area contributed by atoms with Crippen molar-refractivity contribution in [2.75, 3.05) is 13.2 Å². The van der Waals surface area contributed by atoms with Gasteiger partial charge >= 0.3 is 5.97 Å². The normalized spacial score (nSPS) is 14.7. The molecular formula is C27H40O5S. The number of carboxylic acid groups (broad SMARTS) is 1. The molecule has 0 amide bonds. The van der Waals surface area contributed by atoms with E-state index in [1.54, 1.807) is 11.3 Å². The van der Waals surface area contributed by atoms with Crippen LogP contribution in [-0.2, 0) is 21.6 Å². The third kappa shape index (κ3) is 6.81. The van der Waals surface area contributed by atoms with Gasteiger partial charge < -0.3 is 19.7 Å². The van der Waals surface area contributed by atoms with E-state index in [0.29, 0.717) is 6.61 Å². The van der Waals surface area contributed by atoms with E-state index in [9.17, 15) is 9.90 Å². The Bertz CT molecular complexity index is 927. The predicted octanol–water partition coefficient (Wildman–Crippen LogP) is 6.25. The molecule has 0 spiro atoms. The van der Waals surface area contributed by atoms with E-state index in [-0.39, 0.29) is 24.0 Å². The van der Waals surface area contributed by atoms with Crippen LogP contribution < -0.4 is 4.74 Å². The van der Waals surface area contributed by atoms with Crippen molar-refractivity contribution < 1.29 is 24.5 Å². The Hall–Kier alpha value is -1.89. The number of thiophene rings is 1. The molecule has 2 unspecified atom stereocenters. The van der Waals surface area contributed by atoms with Crippen molar-refractivity contribution in [2.45, 2.75) is 85.9 Å². The van der Waals surface area contributed by atoms with Gasteiger partial charge in [-0.1, -0.05) is 53.2 Å². The summed E-state index contributed by atoms with van der Waals surface area (Å²) in [4.78, 5) is 13.2. The highest BCUT2D eigenvalue weighted by molar-refractivity contribution is 7.12. The van der Waals surface area contributed by atoms with Crippen LogP contribution >= 0.6 is 11.3 Å². The molecule has 6 heteroatoms. The summed E-state index contributed by atoms with van der Waals surface area (Å²) < 4.78 is 11.3. The summed E-state index contributed by atoms with van der Waals surface area (Å²) in [6.07, 6.45) is 2.48. The number of aryl methyl sites for hydroxylation is 2. The fourth-order valence-corrected chi connectivity index (χ4v) is 5.47. The number of aliphatic hydroxyl groups is 1. The second-order valence-corrected chi connectivity index (χ2v) is 11.1. The van der Waals surface area contributed by atoms with Gasteiger partial charge in [-0.05, 0) is 60.9 Å². The van der Waals surface area contributed by atoms with Gasteiger partial charge in [-0.2, -0.15) is 0 Å². The maximum Gasteiger partial charge on any atom is 0.329 e. The number of rotatable bonds is 12. The molecule has 5 nitrogen and oxygen atoms in total. The molecule has 2 rings (SSSR count). The first-order valence-electron chi connectivity index (χ1n) is 11.8. The predicted molar refractivity (Wildman–Crippen MR) is 134 cm³/mol. The number of carboxylic acids is 1. The van der Waals surface area contributed by atoms with Gasteiger partial charge in [0.25, 0.3) is 0 Å². The van der Waals surface area contributed by atoms with Crippen LogP contribution in [0.4, 0.5) is 0 Å². The number of benzene rings is 1. The quantitative estimate of drug-likeness (QED) is 0.379. The van der Waals surface area contributed by atoms with Crippen LogP contribution in [0.2, 0.25) is 0 Å². The number of aliphatic hydroxyl groups excluding tert-OH is 1. The minimum absolute atomic E-state index is 0.122. The lowest BCUT2D eigenvalue weighted by atomic mass is 9.73. The molecule has 0 aliphatic rings. The van der Waals surface area contributed by atoms with Gasteiger partial charge in [-0.3, -0.25) is 0 Å². The number of carbonyl (C=O) groups is 1. The van der Waals surface area contributed by atoms with Crippen molar-refractivity contribution in [1.82, 2.24) is 0 Å². The molecule has 1 aromatic heterocycles. The van der Waals surface area contributed by atoms with Crippen molar-refractivity contribution in [3.05, 3.63) is 50.7 Å². The highest BCUT2D eigenvalue weighted by Crippen LogP contribution is 2.45. The molecule has 0 radical (unpaired) electrons. The first-order valence-corrected chi connectivity index (χ1v) is 12.6. The largest absolute Gasteiger partial charge is 0.491 e. The van der Waals surface area contributed by atoms with E-state index < -0.39 is 12.1 Å². The minimum atomic E-state index is -0.953. The topological polar surface area (TPSA) is 76.0 Å². The van der Waals surface area contributed by atoms with Crippen LogP contribution in [0.15, 0.2) is 24.3 Å². The fraction of sp³-hybridized carbons (Fsp3) is 0.593. The van der Waals surface area contributed by atoms with E-state index in [0.717, 1.165) is 41.0 Å². The first-order chi connectivity index (χ1) is 15.4. The molecule has 0 fully saturated rings. The SMILES string of the molecule is CCCC(CC)(c1ccc(OCC(O)C(C)(C)C)c(C)c1)c1cc(C)c(COCC(=O)O)s1. The summed E-state index contributed by atoms with van der Waals surface area (Å²) in [5.74, 6) is -0.153. The van der Waals surface area contributed by atoms with Gasteiger partial charge in [0, 0.05) is 15.2 Å². The average Bonchev–Trinajstić information content (AvgIpc) is 3.10. The Labute approximate surface area is 202 Å². The van der Waals surface area contributed by atoms with Gasteiger partial charge in [0.2, 0.25) is 0 Å². The van der Waals surface area contributed by atoms with Crippen LogP contribution in [0.5, 0.6) is 5.75 Å². The lowest BCUT2D eigenvalue weighted by molar-refractivity contribution is -0.142. The third-order valence-electron chi connectivity index (χ3n) is 6.36. The Kier molecular flexibility index (Phi) is 9.53. The van der Waals surface area contributed by atoms with Crippen molar-refractivity contribution >= 4 is 17.3 Å². The molecule has 184 valence electrons. The van der Waals surface area contributed by atoms with Gasteiger partial charge in [-0.15, -0.1) is 11.3 Å². The van der Waals surface area contributed by atoms with E-state index in [2.05, 4.69) is 45.9 Å². The van der Waals surface area contributed by atoms with E-state index in [4.69, 9.17) is 14.6 Å². The molecule has 2 aromatic rings. The lowest BCUT2D eigenvalue weighted by Crippen LogP contribution is -2.32. The molecular weight excluding hydrogens is 436 g/mol. The Morgan fingerprint density at radius 1 is 1.12 bits per heavy atom. The molecule has 0 aliphatic carbocycles. The minimum Gasteiger partial charge on any atom is -0.491 e. The molecule has 1 heterocycles. The third-order valence-corrected chi connectivity index (χ3v) is 7.77. The van der Waals surface area contributed by atoms with Crippen LogP contribution in [0.25, 0.3) is 0 Å². The average molecular weight is 477 g/mol. The van der Waals surface area contributed by atoms with Crippen LogP contribution in [0.1, 0.15) is 80.3 Å². The summed E-state index contributed by atoms with van der Waals surface area (Å²) in [6.45, 7) is 14.9. The second-order valence-electron chi connectivity index (χ2n) is 9.96. The van der Waals surface area contributed by atoms with Crippen molar-refractivity contribution in [3.63, 3.8) is 0 Å². The van der Waals surface area contributed by atoms with Crippen molar-refractivity contribution in [1.29, 1.82) is 0 Å². The monoisotopic (exact) mass is 476 g/mol. The summed E-state index contributed by atoms with van der Waals surface area (Å²) in [5, 5.41) is 19.2. The Morgan fingerprint density at radius 2 is 1.82 bits per heavy atom. The number of hydrogen-bond acceptors (Lipinski definition) is 5. The van der Waals surface area contributed by atoms with E-state index in [1.165, 1.54) is 10.4 Å². The van der Waals surface area contributed by atoms with Crippen LogP contribution in [0.3, 0.4) is 0 Å². The fourth-order valence-electron chi connectivity index (χ4n) is 4.05. The summed E-state index contributed by atoms with van der Waals surface area (Å²) in [6, 6.07) is 8.63. The van der Waals surface area contributed by atoms with Crippen molar-refractivity contribution in [3.8, 4) is 5.75 Å². The second kappa shape index (κ2) is 11.5. The molecule has 2 N–H and O–H groups in total. The van der Waals surface area contributed by atoms with Crippen molar-refractivity contribution in [2.24, 2.45) is 5.41 Å². The molecule has 33 heavy (non-hydrogen) atoms. The van der Waals surface area contributed by atoms with Crippen LogP contribution in [0, 0.1) is 19.3 Å². The Balaban J connectivity index is 2.34. The zero-order chi connectivity index (χ0) is 24.8. The first kappa shape index (κ1) is 27.4. The lowest BCUT2D eigenvalue weighted by Gasteiger charge is -2.33. The number of aliphatic carboxylic acids is 1. The van der Waals surface area contributed by atoms with E-state index >= 15 is 0 Å². The summed E-state index contributed by atoms with van der Waals surface area (Å²) in [5.41, 5.74) is 3.11. The van der Waals surface area contributed by atoms with Gasteiger partial charge in [0.1, 0.15) is 19.0 Å². The standard InChI is InChI=1S/C27H40O5S/c1-8-12-27(9-2,24-14-19(4)22(33-24)15-31-17-25(29)30)20-10-11-21(18(3)13-20)32-16-23(28)26(5,6)7/h10-11,13-14,23,28H,8-9,12,15-17H2,1-7H3,(H,29,30). The molecule has 0 saturated heterocycles. The maximum atomic E-state index is 10.8. The molecule has 0 saturated carbocycles. The zero-order valence-corrected chi connectivity index (χ0v) is 22.0. The summed E-state index contributed by atoms with van der Waals surface area (Å²) >= 11 is 1.72. The number of ether oxygens (including phenoxy) is 2. The molecule has 2 atom stereocenters. The van der Waals surface area contributed by atoms with Gasteiger partial charge in [-0.25, -0.2) is 4.79 Å². The zero-order valence-electron chi connectivity index (χ0n) is 21.2. The number of hydrogen-bond donors (Lipinski definition) is 2. The molecule has 0 bridgehead atoms. The molecule has 0 aliphatic heterocycles. The Morgan fingerprint density at radius 3 is 2.36 bits per heavy atom. The highest BCUT2D eigenvalue weighted by atomic mass is 32.1. The van der Waals surface area contributed by atoms with Crippen LogP contribution in [-0.4, -0.2) is 35.5 Å². The van der Waals surface area contributed by atoms with Gasteiger partial charge in [0.15, 0.2) is 0 Å². The summed E-state index contributed by atoms with van der Waals surface area (Å²) in [7, 11) is 0. The van der Waals surface area contributed by atoms with Gasteiger partial charge in [0.05, 0.1) is 12.7 Å². The smallest absolute Gasteiger partial charge is 0.329 e.